The Morgan fingerprint density at radius 2 is 1.75 bits per heavy atom. The Bertz CT molecular complexity index is 1040. The molecule has 8 nitrogen and oxygen atoms in total. The minimum Gasteiger partial charge on any atom is -0.496 e. The van der Waals surface area contributed by atoms with Crippen LogP contribution in [0.1, 0.15) is 67.7 Å². The molecule has 2 aromatic rings. The number of nitrogens with zero attached hydrogens (tertiary/aromatic N) is 1. The van der Waals surface area contributed by atoms with Crippen molar-refractivity contribution in [1.82, 2.24) is 10.2 Å². The van der Waals surface area contributed by atoms with Gasteiger partial charge in [0, 0.05) is 12.1 Å². The molecule has 1 unspecified atom stereocenters. The summed E-state index contributed by atoms with van der Waals surface area (Å²) in [6, 6.07) is 13.0. The van der Waals surface area contributed by atoms with Crippen LogP contribution in [0.25, 0.3) is 0 Å². The fraction of sp³-hybridized carbons (Fsp3) is 0.500. The summed E-state index contributed by atoms with van der Waals surface area (Å²) in [5.74, 6) is 0.937. The van der Waals surface area contributed by atoms with Crippen molar-refractivity contribution in [1.29, 1.82) is 0 Å². The van der Waals surface area contributed by atoms with E-state index in [1.54, 1.807) is 19.1 Å². The minimum atomic E-state index is -1.20. The van der Waals surface area contributed by atoms with Gasteiger partial charge in [-0.25, -0.2) is 9.59 Å². The van der Waals surface area contributed by atoms with Gasteiger partial charge in [0.05, 0.1) is 33.5 Å². The standard InChI is InChI=1S/C28H36N2O6/c1-19(22-16-23(34-2)25(21-10-11-21)24(17-22)35-3)30(14-15-36-18-20-8-5-4-6-9-20)27(33)29-28(26(31)32)12-7-13-28/h4-6,8-9,16-17,19,21H,7,10-15,18H2,1-3H3,(H,29,33)(H,31,32). The summed E-state index contributed by atoms with van der Waals surface area (Å²) in [6.07, 6.45) is 3.84. The van der Waals surface area contributed by atoms with Crippen LogP contribution < -0.4 is 14.8 Å². The Morgan fingerprint density at radius 1 is 1.11 bits per heavy atom. The van der Waals surface area contributed by atoms with Crippen molar-refractivity contribution < 1.29 is 28.9 Å². The topological polar surface area (TPSA) is 97.3 Å². The molecule has 0 radical (unpaired) electrons. The first-order chi connectivity index (χ1) is 17.4. The van der Waals surface area contributed by atoms with E-state index in [-0.39, 0.29) is 6.04 Å². The summed E-state index contributed by atoms with van der Waals surface area (Å²) in [5.41, 5.74) is 1.76. The first-order valence-electron chi connectivity index (χ1n) is 12.6. The summed E-state index contributed by atoms with van der Waals surface area (Å²) in [4.78, 5) is 27.0. The van der Waals surface area contributed by atoms with Crippen LogP contribution in [-0.2, 0) is 16.1 Å². The average molecular weight is 497 g/mol. The van der Waals surface area contributed by atoms with Crippen LogP contribution in [0, 0.1) is 0 Å². The molecule has 194 valence electrons. The third-order valence-electron chi connectivity index (χ3n) is 7.31. The van der Waals surface area contributed by atoms with Crippen molar-refractivity contribution in [3.8, 4) is 11.5 Å². The zero-order valence-corrected chi connectivity index (χ0v) is 21.3. The zero-order valence-electron chi connectivity index (χ0n) is 21.3. The predicted molar refractivity (Wildman–Crippen MR) is 135 cm³/mol. The molecule has 2 N–H and O–H groups in total. The van der Waals surface area contributed by atoms with E-state index in [0.29, 0.717) is 38.5 Å². The van der Waals surface area contributed by atoms with E-state index in [9.17, 15) is 14.7 Å². The molecular formula is C28H36N2O6. The van der Waals surface area contributed by atoms with Crippen molar-refractivity contribution in [2.45, 2.75) is 63.1 Å². The van der Waals surface area contributed by atoms with Crippen molar-refractivity contribution in [3.63, 3.8) is 0 Å². The molecule has 0 heterocycles. The highest BCUT2D eigenvalue weighted by molar-refractivity contribution is 5.87. The van der Waals surface area contributed by atoms with E-state index in [0.717, 1.165) is 47.5 Å². The second-order valence-corrected chi connectivity index (χ2v) is 9.69. The Morgan fingerprint density at radius 3 is 2.25 bits per heavy atom. The number of benzene rings is 2. The molecule has 0 saturated heterocycles. The molecular weight excluding hydrogens is 460 g/mol. The van der Waals surface area contributed by atoms with Gasteiger partial charge in [-0.05, 0) is 68.2 Å². The number of hydrogen-bond acceptors (Lipinski definition) is 5. The maximum absolute atomic E-state index is 13.5. The first kappa shape index (κ1) is 25.8. The van der Waals surface area contributed by atoms with E-state index in [1.165, 1.54) is 0 Å². The molecule has 0 aliphatic heterocycles. The molecule has 4 rings (SSSR count). The number of nitrogens with one attached hydrogen (secondary N) is 1. The van der Waals surface area contributed by atoms with Gasteiger partial charge >= 0.3 is 12.0 Å². The molecule has 2 saturated carbocycles. The van der Waals surface area contributed by atoms with Gasteiger partial charge in [0.1, 0.15) is 17.0 Å². The fourth-order valence-corrected chi connectivity index (χ4v) is 4.75. The molecule has 0 aromatic heterocycles. The number of ether oxygens (including phenoxy) is 3. The second kappa shape index (κ2) is 11.2. The molecule has 2 aromatic carbocycles. The minimum absolute atomic E-state index is 0.296. The van der Waals surface area contributed by atoms with E-state index in [2.05, 4.69) is 5.32 Å². The number of aliphatic carboxylic acids is 1. The largest absolute Gasteiger partial charge is 0.496 e. The molecule has 0 spiro atoms. The van der Waals surface area contributed by atoms with Gasteiger partial charge in [-0.3, -0.25) is 0 Å². The summed E-state index contributed by atoms with van der Waals surface area (Å²) < 4.78 is 17.3. The van der Waals surface area contributed by atoms with Crippen LogP contribution in [0.4, 0.5) is 4.79 Å². The number of amides is 2. The second-order valence-electron chi connectivity index (χ2n) is 9.69. The SMILES string of the molecule is COc1cc(C(C)N(CCOCc2ccccc2)C(=O)NC2(C(=O)O)CCC2)cc(OC)c1C1CC1. The fourth-order valence-electron chi connectivity index (χ4n) is 4.75. The molecule has 2 amide bonds. The zero-order chi connectivity index (χ0) is 25.7. The number of methoxy groups -OCH3 is 2. The number of carboxylic acid groups (broad SMARTS) is 1. The summed E-state index contributed by atoms with van der Waals surface area (Å²) in [5, 5.41) is 12.5. The third kappa shape index (κ3) is 5.59. The van der Waals surface area contributed by atoms with E-state index < -0.39 is 17.5 Å². The highest BCUT2D eigenvalue weighted by atomic mass is 16.5. The van der Waals surface area contributed by atoms with E-state index >= 15 is 0 Å². The predicted octanol–water partition coefficient (Wildman–Crippen LogP) is 4.88. The summed E-state index contributed by atoms with van der Waals surface area (Å²) in [7, 11) is 3.29. The van der Waals surface area contributed by atoms with Crippen LogP contribution in [0.15, 0.2) is 42.5 Å². The Balaban J connectivity index is 1.54. The monoisotopic (exact) mass is 496 g/mol. The van der Waals surface area contributed by atoms with Crippen molar-refractivity contribution in [2.24, 2.45) is 0 Å². The quantitative estimate of drug-likeness (QED) is 0.407. The number of carbonyl (C=O) groups is 2. The lowest BCUT2D eigenvalue weighted by Gasteiger charge is -2.41. The number of carbonyl (C=O) groups excluding carboxylic acids is 1. The Labute approximate surface area is 212 Å². The number of urea groups is 1. The molecule has 36 heavy (non-hydrogen) atoms. The number of rotatable bonds is 12. The average Bonchev–Trinajstić information content (AvgIpc) is 3.70. The smallest absolute Gasteiger partial charge is 0.329 e. The summed E-state index contributed by atoms with van der Waals surface area (Å²) in [6.45, 7) is 2.96. The van der Waals surface area contributed by atoms with Gasteiger partial charge < -0.3 is 29.5 Å². The van der Waals surface area contributed by atoms with Crippen LogP contribution in [0.5, 0.6) is 11.5 Å². The van der Waals surface area contributed by atoms with Gasteiger partial charge in [-0.1, -0.05) is 30.3 Å². The van der Waals surface area contributed by atoms with Crippen molar-refractivity contribution in [3.05, 3.63) is 59.2 Å². The van der Waals surface area contributed by atoms with Gasteiger partial charge in [0.25, 0.3) is 0 Å². The van der Waals surface area contributed by atoms with Crippen LogP contribution in [-0.4, -0.2) is 54.9 Å². The summed E-state index contributed by atoms with van der Waals surface area (Å²) >= 11 is 0. The Kier molecular flexibility index (Phi) is 8.04. The van der Waals surface area contributed by atoms with Gasteiger partial charge in [-0.2, -0.15) is 0 Å². The third-order valence-corrected chi connectivity index (χ3v) is 7.31. The van der Waals surface area contributed by atoms with Gasteiger partial charge in [0.15, 0.2) is 0 Å². The van der Waals surface area contributed by atoms with Crippen LogP contribution >= 0.6 is 0 Å². The normalized spacial score (nSPS) is 17.0. The van der Waals surface area contributed by atoms with E-state index in [4.69, 9.17) is 14.2 Å². The number of carboxylic acids is 1. The van der Waals surface area contributed by atoms with Gasteiger partial charge in [0.2, 0.25) is 0 Å². The lowest BCUT2D eigenvalue weighted by molar-refractivity contribution is -0.148. The van der Waals surface area contributed by atoms with Crippen molar-refractivity contribution in [2.75, 3.05) is 27.4 Å². The maximum Gasteiger partial charge on any atom is 0.329 e. The lowest BCUT2D eigenvalue weighted by atomic mass is 9.77. The highest BCUT2D eigenvalue weighted by Gasteiger charge is 2.46. The molecule has 2 aliphatic rings. The molecule has 8 heteroatoms. The molecule has 2 fully saturated rings. The maximum atomic E-state index is 13.5. The molecule has 1 atom stereocenters. The molecule has 0 bridgehead atoms. The lowest BCUT2D eigenvalue weighted by Crippen LogP contribution is -2.62. The number of hydrogen-bond donors (Lipinski definition) is 2. The van der Waals surface area contributed by atoms with Crippen molar-refractivity contribution >= 4 is 12.0 Å². The first-order valence-corrected chi connectivity index (χ1v) is 12.6. The van der Waals surface area contributed by atoms with Gasteiger partial charge in [-0.15, -0.1) is 0 Å². The van der Waals surface area contributed by atoms with E-state index in [1.807, 2.05) is 49.4 Å². The van der Waals surface area contributed by atoms with Crippen LogP contribution in [0.3, 0.4) is 0 Å². The van der Waals surface area contributed by atoms with Crippen LogP contribution in [0.2, 0.25) is 0 Å². The highest BCUT2D eigenvalue weighted by Crippen LogP contribution is 2.49. The molecule has 2 aliphatic carbocycles. The Hall–Kier alpha value is -3.26.